The molecule has 2 aromatic rings. The number of nitrogens with one attached hydrogen (secondary N) is 1. The van der Waals surface area contributed by atoms with E-state index in [0.717, 1.165) is 37.2 Å². The highest BCUT2D eigenvalue weighted by Gasteiger charge is 2.26. The minimum Gasteiger partial charge on any atom is -0.493 e. The van der Waals surface area contributed by atoms with Gasteiger partial charge in [-0.1, -0.05) is 11.7 Å². The first-order chi connectivity index (χ1) is 13.5. The van der Waals surface area contributed by atoms with E-state index in [9.17, 15) is 4.79 Å². The Hall–Kier alpha value is -3.03. The number of carbonyl (C=O) groups is 1. The Morgan fingerprint density at radius 3 is 2.64 bits per heavy atom. The molecule has 1 fully saturated rings. The van der Waals surface area contributed by atoms with Gasteiger partial charge >= 0.3 is 0 Å². The summed E-state index contributed by atoms with van der Waals surface area (Å²) in [7, 11) is 3.19. The highest BCUT2D eigenvalue weighted by Crippen LogP contribution is 2.33. The lowest BCUT2D eigenvalue weighted by atomic mass is 9.96. The van der Waals surface area contributed by atoms with Crippen LogP contribution in [0.2, 0.25) is 0 Å². The van der Waals surface area contributed by atoms with Gasteiger partial charge in [-0.15, -0.1) is 0 Å². The molecule has 28 heavy (non-hydrogen) atoms. The molecule has 1 N–H and O–H groups in total. The lowest BCUT2D eigenvalue weighted by Gasteiger charge is -2.33. The van der Waals surface area contributed by atoms with Crippen LogP contribution >= 0.6 is 0 Å². The third-order valence-electron chi connectivity index (χ3n) is 4.92. The van der Waals surface area contributed by atoms with Gasteiger partial charge in [0.15, 0.2) is 11.5 Å². The van der Waals surface area contributed by atoms with Gasteiger partial charge in [-0.3, -0.25) is 4.79 Å². The fraction of sp³-hybridized carbons (Fsp3) is 0.450. The number of amides is 1. The zero-order chi connectivity index (χ0) is 20.1. The average molecular weight is 386 g/mol. The van der Waals surface area contributed by atoms with Gasteiger partial charge in [0.1, 0.15) is 0 Å². The molecule has 1 aromatic heterocycles. The van der Waals surface area contributed by atoms with E-state index >= 15 is 0 Å². The first-order valence-electron chi connectivity index (χ1n) is 9.25. The molecule has 2 heterocycles. The standard InChI is InChI=1S/C20H26N4O4/c1-13(12-21-14(2)25)24-9-7-15(8-10-24)20-22-19(23-28-20)16-5-6-17(26-3)18(11-16)27-4/h5-6,11,15H,1,7-10,12H2,2-4H3,(H,21,25). The quantitative estimate of drug-likeness (QED) is 0.782. The van der Waals surface area contributed by atoms with Crippen LogP contribution in [0, 0.1) is 0 Å². The van der Waals surface area contributed by atoms with Crippen LogP contribution in [0.25, 0.3) is 11.4 Å². The fourth-order valence-electron chi connectivity index (χ4n) is 3.27. The van der Waals surface area contributed by atoms with Gasteiger partial charge < -0.3 is 24.2 Å². The van der Waals surface area contributed by atoms with E-state index in [0.29, 0.717) is 29.8 Å². The molecule has 0 radical (unpaired) electrons. The molecule has 0 aliphatic carbocycles. The van der Waals surface area contributed by atoms with Gasteiger partial charge in [-0.2, -0.15) is 4.98 Å². The number of rotatable bonds is 7. The molecule has 1 saturated heterocycles. The van der Waals surface area contributed by atoms with Crippen molar-refractivity contribution in [3.05, 3.63) is 36.4 Å². The molecule has 1 amide bonds. The van der Waals surface area contributed by atoms with Crippen LogP contribution in [0.3, 0.4) is 0 Å². The highest BCUT2D eigenvalue weighted by atomic mass is 16.5. The van der Waals surface area contributed by atoms with Gasteiger partial charge in [0.05, 0.1) is 20.8 Å². The molecular formula is C20H26N4O4. The van der Waals surface area contributed by atoms with Crippen LogP contribution in [0.1, 0.15) is 31.6 Å². The Balaban J connectivity index is 1.62. The van der Waals surface area contributed by atoms with Crippen LogP contribution in [0.5, 0.6) is 11.5 Å². The third-order valence-corrected chi connectivity index (χ3v) is 4.92. The summed E-state index contributed by atoms with van der Waals surface area (Å²) in [4.78, 5) is 17.8. The smallest absolute Gasteiger partial charge is 0.230 e. The van der Waals surface area contributed by atoms with Gasteiger partial charge in [-0.05, 0) is 31.0 Å². The molecule has 1 aromatic carbocycles. The minimum atomic E-state index is -0.0513. The van der Waals surface area contributed by atoms with Crippen LogP contribution in [-0.2, 0) is 4.79 Å². The fourth-order valence-corrected chi connectivity index (χ4v) is 3.27. The molecule has 0 spiro atoms. The normalized spacial score (nSPS) is 14.6. The number of hydrogen-bond acceptors (Lipinski definition) is 7. The number of nitrogens with zero attached hydrogens (tertiary/aromatic N) is 3. The Morgan fingerprint density at radius 2 is 2.00 bits per heavy atom. The Morgan fingerprint density at radius 1 is 1.29 bits per heavy atom. The lowest BCUT2D eigenvalue weighted by molar-refractivity contribution is -0.118. The van der Waals surface area contributed by atoms with Gasteiger partial charge in [-0.25, -0.2) is 0 Å². The van der Waals surface area contributed by atoms with Crippen molar-refractivity contribution in [1.29, 1.82) is 0 Å². The van der Waals surface area contributed by atoms with Crippen molar-refractivity contribution in [3.8, 4) is 22.9 Å². The van der Waals surface area contributed by atoms with Crippen molar-refractivity contribution < 1.29 is 18.8 Å². The van der Waals surface area contributed by atoms with E-state index in [1.54, 1.807) is 14.2 Å². The molecule has 1 aliphatic heterocycles. The summed E-state index contributed by atoms with van der Waals surface area (Å²) in [6.07, 6.45) is 1.79. The van der Waals surface area contributed by atoms with Crippen molar-refractivity contribution in [2.75, 3.05) is 33.9 Å². The summed E-state index contributed by atoms with van der Waals surface area (Å²) in [6, 6.07) is 5.54. The van der Waals surface area contributed by atoms with Gasteiger partial charge in [0.25, 0.3) is 0 Å². The number of ether oxygens (including phenoxy) is 2. The Bertz CT molecular complexity index is 840. The van der Waals surface area contributed by atoms with Crippen LogP contribution in [-0.4, -0.2) is 54.8 Å². The Labute approximate surface area is 164 Å². The zero-order valence-corrected chi connectivity index (χ0v) is 16.5. The van der Waals surface area contributed by atoms with E-state index in [1.165, 1.54) is 6.92 Å². The van der Waals surface area contributed by atoms with Gasteiger partial charge in [0.2, 0.25) is 17.6 Å². The molecule has 0 bridgehead atoms. The Kier molecular flexibility index (Phi) is 6.18. The average Bonchev–Trinajstić information content (AvgIpc) is 3.21. The molecule has 150 valence electrons. The maximum Gasteiger partial charge on any atom is 0.230 e. The number of benzene rings is 1. The number of methoxy groups -OCH3 is 2. The summed E-state index contributed by atoms with van der Waals surface area (Å²) in [5.41, 5.74) is 1.74. The highest BCUT2D eigenvalue weighted by molar-refractivity contribution is 5.73. The van der Waals surface area contributed by atoms with Crippen molar-refractivity contribution >= 4 is 5.91 Å². The number of piperidine rings is 1. The first-order valence-corrected chi connectivity index (χ1v) is 9.25. The maximum atomic E-state index is 11.1. The molecule has 0 atom stereocenters. The zero-order valence-electron chi connectivity index (χ0n) is 16.5. The molecular weight excluding hydrogens is 360 g/mol. The summed E-state index contributed by atoms with van der Waals surface area (Å²) in [5, 5.41) is 6.92. The van der Waals surface area contributed by atoms with Gasteiger partial charge in [0, 0.05) is 37.2 Å². The summed E-state index contributed by atoms with van der Waals surface area (Å²) >= 11 is 0. The number of likely N-dealkylation sites (tertiary alicyclic amines) is 1. The topological polar surface area (TPSA) is 89.7 Å². The third kappa shape index (κ3) is 4.44. The van der Waals surface area contributed by atoms with Crippen LogP contribution in [0.15, 0.2) is 35.0 Å². The lowest BCUT2D eigenvalue weighted by Crippen LogP contribution is -2.36. The molecule has 0 unspecified atom stereocenters. The summed E-state index contributed by atoms with van der Waals surface area (Å²) in [6.45, 7) is 7.73. The second kappa shape index (κ2) is 8.77. The summed E-state index contributed by atoms with van der Waals surface area (Å²) in [5.74, 6) is 2.63. The van der Waals surface area contributed by atoms with Crippen molar-refractivity contribution in [2.24, 2.45) is 0 Å². The molecule has 0 saturated carbocycles. The van der Waals surface area contributed by atoms with Crippen molar-refractivity contribution in [2.45, 2.75) is 25.7 Å². The molecule has 3 rings (SSSR count). The number of hydrogen-bond donors (Lipinski definition) is 1. The van der Waals surface area contributed by atoms with Crippen LogP contribution < -0.4 is 14.8 Å². The SMILES string of the molecule is C=C(CNC(C)=O)N1CCC(c2nc(-c3ccc(OC)c(OC)c3)no2)CC1. The van der Waals surface area contributed by atoms with E-state index in [-0.39, 0.29) is 11.8 Å². The first kappa shape index (κ1) is 19.7. The predicted molar refractivity (Wildman–Crippen MR) is 104 cm³/mol. The molecule has 8 heteroatoms. The van der Waals surface area contributed by atoms with Crippen LogP contribution in [0.4, 0.5) is 0 Å². The number of aromatic nitrogens is 2. The van der Waals surface area contributed by atoms with E-state index in [1.807, 2.05) is 18.2 Å². The maximum absolute atomic E-state index is 11.1. The second-order valence-corrected chi connectivity index (χ2v) is 6.76. The minimum absolute atomic E-state index is 0.0513. The van der Waals surface area contributed by atoms with E-state index in [4.69, 9.17) is 14.0 Å². The van der Waals surface area contributed by atoms with E-state index < -0.39 is 0 Å². The predicted octanol–water partition coefficient (Wildman–Crippen LogP) is 2.58. The van der Waals surface area contributed by atoms with Crippen molar-refractivity contribution in [3.63, 3.8) is 0 Å². The van der Waals surface area contributed by atoms with E-state index in [2.05, 4.69) is 26.9 Å². The monoisotopic (exact) mass is 386 g/mol. The summed E-state index contributed by atoms with van der Waals surface area (Å²) < 4.78 is 16.1. The molecule has 1 aliphatic rings. The number of carbonyl (C=O) groups excluding carboxylic acids is 1. The second-order valence-electron chi connectivity index (χ2n) is 6.76. The largest absolute Gasteiger partial charge is 0.493 e. The van der Waals surface area contributed by atoms with Crippen molar-refractivity contribution in [1.82, 2.24) is 20.4 Å². The molecule has 8 nitrogen and oxygen atoms in total.